The van der Waals surface area contributed by atoms with E-state index in [0.717, 1.165) is 24.8 Å². The number of unbranched alkanes of at least 4 members (excludes halogenated alkanes) is 4. The number of Topliss-reactive ketones (excluding diaryl/α,β-unsaturated/α-hetero) is 3. The van der Waals surface area contributed by atoms with Crippen LogP contribution in [0.2, 0.25) is 0 Å². The van der Waals surface area contributed by atoms with Crippen LogP contribution in [0.3, 0.4) is 0 Å². The number of nitriles is 1. The maximum absolute atomic E-state index is 14.8. The van der Waals surface area contributed by atoms with Gasteiger partial charge in [-0.15, -0.1) is 0 Å². The summed E-state index contributed by atoms with van der Waals surface area (Å²) >= 11 is 0. The van der Waals surface area contributed by atoms with Crippen molar-refractivity contribution in [1.29, 1.82) is 5.26 Å². The Morgan fingerprint density at radius 3 is 2.19 bits per heavy atom. The van der Waals surface area contributed by atoms with Gasteiger partial charge in [0.15, 0.2) is 17.3 Å². The number of nitrogens with two attached hydrogens (primary N) is 3. The van der Waals surface area contributed by atoms with Gasteiger partial charge in [0.25, 0.3) is 0 Å². The lowest BCUT2D eigenvalue weighted by atomic mass is 9.87. The summed E-state index contributed by atoms with van der Waals surface area (Å²) < 4.78 is 12.3. The molecule has 1 aliphatic heterocycles. The molecule has 340 valence electrons. The Bertz CT molecular complexity index is 2080. The molecule has 0 radical (unpaired) electrons. The Labute approximate surface area is 373 Å². The van der Waals surface area contributed by atoms with Crippen molar-refractivity contribution in [1.82, 2.24) is 10.2 Å². The van der Waals surface area contributed by atoms with Gasteiger partial charge in [-0.05, 0) is 92.1 Å². The van der Waals surface area contributed by atoms with Crippen LogP contribution in [-0.4, -0.2) is 80.0 Å². The highest BCUT2D eigenvalue weighted by Gasteiger charge is 2.37. The van der Waals surface area contributed by atoms with Gasteiger partial charge in [0.2, 0.25) is 11.8 Å². The monoisotopic (exact) mass is 865 g/mol. The maximum atomic E-state index is 14.8. The van der Waals surface area contributed by atoms with Gasteiger partial charge in [0, 0.05) is 74.3 Å². The zero-order valence-corrected chi connectivity index (χ0v) is 37.7. The Hall–Kier alpha value is -5.42. The fourth-order valence-electron chi connectivity index (χ4n) is 8.35. The van der Waals surface area contributed by atoms with Crippen molar-refractivity contribution in [3.63, 3.8) is 0 Å². The fourth-order valence-corrected chi connectivity index (χ4v) is 8.35. The van der Waals surface area contributed by atoms with Crippen LogP contribution < -0.4 is 32.0 Å². The molecule has 3 aromatic carbocycles. The molecule has 1 heterocycles. The summed E-state index contributed by atoms with van der Waals surface area (Å²) in [6.07, 6.45) is 6.97. The molecule has 13 nitrogen and oxygen atoms in total. The molecule has 2 amide bonds. The SMILES string of the molecule is CCCCCCCc1ccc(C(=O)C[C@@H](CCN)C(=O)N(C)[C@@H]2C(=O)C[C@@H](CC)C(=O)N[C@H](C(=O)CCC#N)Cc3ccc(OCCN)c(c3)-c3cc2ccc3OCCN)c(C)c1. The molecule has 7 N–H and O–H groups in total. The van der Waals surface area contributed by atoms with Crippen molar-refractivity contribution in [3.05, 3.63) is 82.4 Å². The lowest BCUT2D eigenvalue weighted by Gasteiger charge is -2.32. The highest BCUT2D eigenvalue weighted by Crippen LogP contribution is 2.41. The Kier molecular flexibility index (Phi) is 20.4. The van der Waals surface area contributed by atoms with Gasteiger partial charge in [0.1, 0.15) is 30.8 Å². The number of carbonyl (C=O) groups excluding carboxylic acids is 5. The van der Waals surface area contributed by atoms with Crippen molar-refractivity contribution in [2.45, 2.75) is 116 Å². The minimum absolute atomic E-state index is 0.0173. The molecule has 0 saturated carbocycles. The molecule has 3 aromatic rings. The third-order valence-electron chi connectivity index (χ3n) is 11.8. The van der Waals surface area contributed by atoms with Crippen LogP contribution in [0.15, 0.2) is 54.6 Å². The molecule has 1 aliphatic rings. The molecular formula is C50H68N6O7. The van der Waals surface area contributed by atoms with Crippen LogP contribution >= 0.6 is 0 Å². The summed E-state index contributed by atoms with van der Waals surface area (Å²) in [5.74, 6) is -2.61. The molecule has 63 heavy (non-hydrogen) atoms. The average molecular weight is 865 g/mol. The van der Waals surface area contributed by atoms with Crippen molar-refractivity contribution in [3.8, 4) is 28.7 Å². The summed E-state index contributed by atoms with van der Waals surface area (Å²) in [6.45, 7) is 6.87. The predicted molar refractivity (Wildman–Crippen MR) is 245 cm³/mol. The number of hydrogen-bond acceptors (Lipinski definition) is 11. The van der Waals surface area contributed by atoms with Gasteiger partial charge in [-0.1, -0.05) is 69.9 Å². The van der Waals surface area contributed by atoms with Crippen molar-refractivity contribution >= 4 is 29.2 Å². The van der Waals surface area contributed by atoms with Gasteiger partial charge in [-0.25, -0.2) is 0 Å². The summed E-state index contributed by atoms with van der Waals surface area (Å²) in [4.78, 5) is 72.5. The first-order valence-electron chi connectivity index (χ1n) is 22.7. The van der Waals surface area contributed by atoms with Crippen molar-refractivity contribution < 1.29 is 33.4 Å². The molecule has 0 aliphatic carbocycles. The third kappa shape index (κ3) is 14.0. The molecule has 0 fully saturated rings. The van der Waals surface area contributed by atoms with E-state index >= 15 is 0 Å². The number of amides is 2. The normalized spacial score (nSPS) is 16.9. The predicted octanol–water partition coefficient (Wildman–Crippen LogP) is 6.49. The van der Waals surface area contributed by atoms with E-state index in [1.54, 1.807) is 38.2 Å². The van der Waals surface area contributed by atoms with E-state index in [1.165, 1.54) is 29.7 Å². The molecule has 4 bridgehead atoms. The first kappa shape index (κ1) is 50.2. The second-order valence-corrected chi connectivity index (χ2v) is 16.6. The van der Waals surface area contributed by atoms with Gasteiger partial charge in [0.05, 0.1) is 12.1 Å². The minimum Gasteiger partial charge on any atom is -0.492 e. The molecule has 0 aromatic heterocycles. The smallest absolute Gasteiger partial charge is 0.226 e. The average Bonchev–Trinajstić information content (AvgIpc) is 3.27. The van der Waals surface area contributed by atoms with E-state index in [0.29, 0.717) is 39.3 Å². The topological polar surface area (TPSA) is 221 Å². The summed E-state index contributed by atoms with van der Waals surface area (Å²) in [7, 11) is 1.54. The number of nitrogens with one attached hydrogen (secondary N) is 1. The molecule has 0 unspecified atom stereocenters. The lowest BCUT2D eigenvalue weighted by Crippen LogP contribution is -2.46. The van der Waals surface area contributed by atoms with Gasteiger partial charge in [-0.3, -0.25) is 24.0 Å². The highest BCUT2D eigenvalue weighted by molar-refractivity contribution is 6.01. The first-order valence-corrected chi connectivity index (χ1v) is 22.7. The van der Waals surface area contributed by atoms with Crippen LogP contribution in [0.25, 0.3) is 11.1 Å². The van der Waals surface area contributed by atoms with Crippen LogP contribution in [-0.2, 0) is 32.0 Å². The first-order chi connectivity index (χ1) is 30.4. The molecule has 13 heteroatoms. The second kappa shape index (κ2) is 25.6. The number of benzene rings is 3. The van der Waals surface area contributed by atoms with Gasteiger partial charge >= 0.3 is 0 Å². The number of ketones is 3. The molecule has 0 saturated heterocycles. The Morgan fingerprint density at radius 2 is 1.56 bits per heavy atom. The number of aryl methyl sites for hydroxylation is 2. The standard InChI is InChI=1S/C50H68N6O7/c1-5-7-8-9-10-12-34-14-17-39(33(3)27-34)44(58)32-38(20-22-52)50(61)56(4)48-37-16-19-47(63-26-24-54)41(30-37)40-28-35(15-18-46(40)62-25-23-53)29-42(43(57)13-11-21-51)55-49(60)36(6-2)31-45(48)59/h14-19,27-28,30,36,38,42,48H,5-13,20,22-26,29,31-32,52-54H2,1-4H3,(H,55,60)/t36-,38-,42+,48+/m1/s1. The molecule has 0 spiro atoms. The minimum atomic E-state index is -1.19. The van der Waals surface area contributed by atoms with E-state index in [-0.39, 0.29) is 89.4 Å². The zero-order chi connectivity index (χ0) is 45.9. The summed E-state index contributed by atoms with van der Waals surface area (Å²) in [5, 5.41) is 12.2. The van der Waals surface area contributed by atoms with E-state index in [2.05, 4.69) is 18.3 Å². The number of rotatable bonds is 23. The highest BCUT2D eigenvalue weighted by atomic mass is 16.5. The number of carbonyl (C=O) groups is 5. The lowest BCUT2D eigenvalue weighted by molar-refractivity contribution is -0.142. The Balaban J connectivity index is 1.81. The van der Waals surface area contributed by atoms with Gasteiger partial charge < -0.3 is 36.9 Å². The van der Waals surface area contributed by atoms with Crippen LogP contribution in [0.5, 0.6) is 11.5 Å². The van der Waals surface area contributed by atoms with Crippen molar-refractivity contribution in [2.75, 3.05) is 39.9 Å². The quantitative estimate of drug-likeness (QED) is 0.0596. The summed E-state index contributed by atoms with van der Waals surface area (Å²) in [6, 6.07) is 16.4. The third-order valence-corrected chi connectivity index (χ3v) is 11.8. The van der Waals surface area contributed by atoms with E-state index in [9.17, 15) is 29.2 Å². The number of hydrogen-bond donors (Lipinski definition) is 4. The van der Waals surface area contributed by atoms with Crippen molar-refractivity contribution in [2.24, 2.45) is 29.0 Å². The van der Waals surface area contributed by atoms with Crippen LogP contribution in [0.1, 0.15) is 123 Å². The van der Waals surface area contributed by atoms with E-state index < -0.39 is 41.5 Å². The van der Waals surface area contributed by atoms with E-state index in [1.807, 2.05) is 37.3 Å². The molecular weight excluding hydrogens is 797 g/mol. The van der Waals surface area contributed by atoms with E-state index in [4.69, 9.17) is 26.7 Å². The summed E-state index contributed by atoms with van der Waals surface area (Å²) in [5.41, 5.74) is 22.6. The number of nitrogens with zero attached hydrogens (tertiary/aromatic N) is 2. The molecule has 4 atom stereocenters. The van der Waals surface area contributed by atoms with Crippen LogP contribution in [0.4, 0.5) is 0 Å². The molecule has 4 rings (SSSR count). The number of likely N-dealkylation sites (N-methyl/N-ethyl adjacent to an activating group) is 1. The van der Waals surface area contributed by atoms with Crippen LogP contribution in [0, 0.1) is 30.1 Å². The number of fused-ring (bicyclic) bond motifs is 5. The second-order valence-electron chi connectivity index (χ2n) is 16.6. The fraction of sp³-hybridized carbons (Fsp3) is 0.520. The Morgan fingerprint density at radius 1 is 0.873 bits per heavy atom. The maximum Gasteiger partial charge on any atom is 0.226 e. The largest absolute Gasteiger partial charge is 0.492 e. The van der Waals surface area contributed by atoms with Gasteiger partial charge in [-0.2, -0.15) is 5.26 Å². The number of ether oxygens (including phenoxy) is 2. The zero-order valence-electron chi connectivity index (χ0n) is 37.7.